The van der Waals surface area contributed by atoms with E-state index in [0.717, 1.165) is 25.4 Å². The van der Waals surface area contributed by atoms with Crippen molar-refractivity contribution in [1.82, 2.24) is 10.2 Å². The number of likely N-dealkylation sites (N-methyl/N-ethyl adjacent to an activating group) is 1. The van der Waals surface area contributed by atoms with Gasteiger partial charge in [-0.25, -0.2) is 0 Å². The molecular weight excluding hydrogens is 164 g/mol. The fourth-order valence-corrected chi connectivity index (χ4v) is 1.79. The number of hydrogen-bond donors (Lipinski definition) is 1. The summed E-state index contributed by atoms with van der Waals surface area (Å²) in [5, 5.41) is 3.36. The van der Waals surface area contributed by atoms with Gasteiger partial charge in [0, 0.05) is 12.6 Å². The molecule has 0 bridgehead atoms. The molecule has 1 unspecified atom stereocenters. The molecular formula is C10H16N2O. The van der Waals surface area contributed by atoms with Crippen molar-refractivity contribution in [2.75, 3.05) is 20.1 Å². The van der Waals surface area contributed by atoms with E-state index < -0.39 is 0 Å². The predicted octanol–water partition coefficient (Wildman–Crippen LogP) is 1.07. The summed E-state index contributed by atoms with van der Waals surface area (Å²) in [6, 6.07) is 4.64. The van der Waals surface area contributed by atoms with E-state index in [0.29, 0.717) is 6.04 Å². The summed E-state index contributed by atoms with van der Waals surface area (Å²) in [5.74, 6) is 1.05. The van der Waals surface area contributed by atoms with Crippen LogP contribution in [0.1, 0.15) is 12.2 Å². The molecule has 0 amide bonds. The molecule has 1 saturated heterocycles. The maximum absolute atomic E-state index is 5.30. The Balaban J connectivity index is 1.87. The van der Waals surface area contributed by atoms with Crippen molar-refractivity contribution < 1.29 is 4.42 Å². The number of nitrogens with one attached hydrogen (secondary N) is 1. The minimum absolute atomic E-state index is 0.671. The number of nitrogens with zero attached hydrogens (tertiary/aromatic N) is 1. The highest BCUT2D eigenvalue weighted by Gasteiger charge is 2.19. The van der Waals surface area contributed by atoms with Crippen LogP contribution in [0, 0.1) is 0 Å². The molecule has 0 radical (unpaired) electrons. The fraction of sp³-hybridized carbons (Fsp3) is 0.600. The first-order chi connectivity index (χ1) is 6.36. The monoisotopic (exact) mass is 180 g/mol. The first-order valence-electron chi connectivity index (χ1n) is 4.79. The molecule has 0 saturated carbocycles. The zero-order valence-corrected chi connectivity index (χ0v) is 7.99. The van der Waals surface area contributed by atoms with Gasteiger partial charge in [-0.3, -0.25) is 4.90 Å². The van der Waals surface area contributed by atoms with Gasteiger partial charge >= 0.3 is 0 Å². The summed E-state index contributed by atoms with van der Waals surface area (Å²) in [6.07, 6.45) is 2.98. The van der Waals surface area contributed by atoms with Crippen molar-refractivity contribution >= 4 is 0 Å². The van der Waals surface area contributed by atoms with Crippen molar-refractivity contribution in [3.8, 4) is 0 Å². The Morgan fingerprint density at radius 1 is 1.69 bits per heavy atom. The summed E-state index contributed by atoms with van der Waals surface area (Å²) < 4.78 is 5.30. The van der Waals surface area contributed by atoms with Crippen LogP contribution < -0.4 is 5.32 Å². The Morgan fingerprint density at radius 3 is 3.23 bits per heavy atom. The first kappa shape index (κ1) is 8.78. The van der Waals surface area contributed by atoms with Crippen LogP contribution in [0.4, 0.5) is 0 Å². The third kappa shape index (κ3) is 2.11. The Bertz CT molecular complexity index is 239. The average Bonchev–Trinajstić information content (AvgIpc) is 2.74. The highest BCUT2D eigenvalue weighted by molar-refractivity contribution is 4.98. The van der Waals surface area contributed by atoms with E-state index in [2.05, 4.69) is 17.3 Å². The normalized spacial score (nSPS) is 22.8. The van der Waals surface area contributed by atoms with Crippen LogP contribution >= 0.6 is 0 Å². The SMILES string of the molecule is CN(Cc1ccco1)C1CCNC1. The van der Waals surface area contributed by atoms with E-state index in [-0.39, 0.29) is 0 Å². The van der Waals surface area contributed by atoms with Gasteiger partial charge in [-0.1, -0.05) is 0 Å². The second-order valence-corrected chi connectivity index (χ2v) is 3.64. The molecule has 13 heavy (non-hydrogen) atoms. The third-order valence-corrected chi connectivity index (χ3v) is 2.64. The maximum Gasteiger partial charge on any atom is 0.117 e. The van der Waals surface area contributed by atoms with Gasteiger partial charge in [-0.2, -0.15) is 0 Å². The highest BCUT2D eigenvalue weighted by Crippen LogP contribution is 2.11. The molecule has 1 atom stereocenters. The molecule has 72 valence electrons. The maximum atomic E-state index is 5.30. The van der Waals surface area contributed by atoms with Gasteiger partial charge in [0.25, 0.3) is 0 Å². The molecule has 1 aromatic heterocycles. The zero-order chi connectivity index (χ0) is 9.10. The van der Waals surface area contributed by atoms with Crippen LogP contribution in [0.3, 0.4) is 0 Å². The third-order valence-electron chi connectivity index (χ3n) is 2.64. The summed E-state index contributed by atoms with van der Waals surface area (Å²) in [4.78, 5) is 2.35. The molecule has 1 fully saturated rings. The summed E-state index contributed by atoms with van der Waals surface area (Å²) in [5.41, 5.74) is 0. The van der Waals surface area contributed by atoms with Gasteiger partial charge < -0.3 is 9.73 Å². The summed E-state index contributed by atoms with van der Waals surface area (Å²) in [7, 11) is 2.15. The first-order valence-corrected chi connectivity index (χ1v) is 4.79. The van der Waals surface area contributed by atoms with Gasteiger partial charge in [-0.05, 0) is 32.1 Å². The van der Waals surface area contributed by atoms with Crippen molar-refractivity contribution in [3.05, 3.63) is 24.2 Å². The lowest BCUT2D eigenvalue weighted by Gasteiger charge is -2.21. The van der Waals surface area contributed by atoms with E-state index >= 15 is 0 Å². The molecule has 0 aliphatic carbocycles. The summed E-state index contributed by atoms with van der Waals surface area (Å²) in [6.45, 7) is 3.17. The van der Waals surface area contributed by atoms with Crippen LogP contribution in [0.15, 0.2) is 22.8 Å². The van der Waals surface area contributed by atoms with E-state index in [1.54, 1.807) is 6.26 Å². The second kappa shape index (κ2) is 3.94. The van der Waals surface area contributed by atoms with Crippen molar-refractivity contribution in [1.29, 1.82) is 0 Å². The molecule has 2 heterocycles. The lowest BCUT2D eigenvalue weighted by atomic mass is 10.2. The minimum Gasteiger partial charge on any atom is -0.468 e. The molecule has 1 aliphatic heterocycles. The second-order valence-electron chi connectivity index (χ2n) is 3.64. The molecule has 2 rings (SSSR count). The quantitative estimate of drug-likeness (QED) is 0.754. The Morgan fingerprint density at radius 2 is 2.62 bits per heavy atom. The van der Waals surface area contributed by atoms with Crippen LogP contribution in [0.2, 0.25) is 0 Å². The van der Waals surface area contributed by atoms with E-state index in [9.17, 15) is 0 Å². The molecule has 3 heteroatoms. The molecule has 1 N–H and O–H groups in total. The van der Waals surface area contributed by atoms with Gasteiger partial charge in [0.2, 0.25) is 0 Å². The van der Waals surface area contributed by atoms with Crippen LogP contribution in [0.25, 0.3) is 0 Å². The van der Waals surface area contributed by atoms with Crippen LogP contribution in [-0.4, -0.2) is 31.1 Å². The highest BCUT2D eigenvalue weighted by atomic mass is 16.3. The molecule has 1 aromatic rings. The summed E-state index contributed by atoms with van der Waals surface area (Å²) >= 11 is 0. The van der Waals surface area contributed by atoms with Gasteiger partial charge in [-0.15, -0.1) is 0 Å². The lowest BCUT2D eigenvalue weighted by molar-refractivity contribution is 0.229. The Kier molecular flexibility index (Phi) is 2.66. The predicted molar refractivity (Wildman–Crippen MR) is 51.4 cm³/mol. The van der Waals surface area contributed by atoms with Crippen LogP contribution in [0.5, 0.6) is 0 Å². The largest absolute Gasteiger partial charge is 0.468 e. The van der Waals surface area contributed by atoms with Gasteiger partial charge in [0.1, 0.15) is 5.76 Å². The van der Waals surface area contributed by atoms with Crippen molar-refractivity contribution in [2.24, 2.45) is 0 Å². The lowest BCUT2D eigenvalue weighted by Crippen LogP contribution is -2.32. The standard InChI is InChI=1S/C10H16N2O/c1-12(9-4-5-11-7-9)8-10-3-2-6-13-10/h2-3,6,9,11H,4-5,7-8H2,1H3. The smallest absolute Gasteiger partial charge is 0.117 e. The molecule has 1 aliphatic rings. The average molecular weight is 180 g/mol. The molecule has 0 spiro atoms. The Hall–Kier alpha value is -0.800. The number of furan rings is 1. The Labute approximate surface area is 78.7 Å². The minimum atomic E-state index is 0.671. The molecule has 0 aromatic carbocycles. The van der Waals surface area contributed by atoms with Gasteiger partial charge in [0.05, 0.1) is 12.8 Å². The fourth-order valence-electron chi connectivity index (χ4n) is 1.79. The molecule has 3 nitrogen and oxygen atoms in total. The topological polar surface area (TPSA) is 28.4 Å². The van der Waals surface area contributed by atoms with Gasteiger partial charge in [0.15, 0.2) is 0 Å². The van der Waals surface area contributed by atoms with E-state index in [1.165, 1.54) is 6.42 Å². The number of rotatable bonds is 3. The van der Waals surface area contributed by atoms with Crippen molar-refractivity contribution in [2.45, 2.75) is 19.0 Å². The zero-order valence-electron chi connectivity index (χ0n) is 7.99. The number of hydrogen-bond acceptors (Lipinski definition) is 3. The van der Waals surface area contributed by atoms with Crippen molar-refractivity contribution in [3.63, 3.8) is 0 Å². The van der Waals surface area contributed by atoms with Crippen LogP contribution in [-0.2, 0) is 6.54 Å². The van der Waals surface area contributed by atoms with E-state index in [4.69, 9.17) is 4.42 Å². The van der Waals surface area contributed by atoms with E-state index in [1.807, 2.05) is 12.1 Å².